The molecule has 0 nitrogen and oxygen atoms in total. The first-order valence-corrected chi connectivity index (χ1v) is 4.32. The van der Waals surface area contributed by atoms with E-state index >= 15 is 0 Å². The van der Waals surface area contributed by atoms with Gasteiger partial charge in [0, 0.05) is 0 Å². The fourth-order valence-electron chi connectivity index (χ4n) is 0. The SMILES string of the molecule is [CH2-]C=[CH][Hg]. The fourth-order valence-corrected chi connectivity index (χ4v) is 0. The molecule has 0 unspecified atom stereocenters. The maximum atomic E-state index is 3.47. The molecule has 4 heavy (non-hydrogen) atoms. The summed E-state index contributed by atoms with van der Waals surface area (Å²) in [7, 11) is 0. The summed E-state index contributed by atoms with van der Waals surface area (Å²) in [5.74, 6) is 0. The van der Waals surface area contributed by atoms with E-state index in [2.05, 4.69) is 10.5 Å². The Labute approximate surface area is 42.9 Å². The van der Waals surface area contributed by atoms with Gasteiger partial charge in [-0.25, -0.2) is 0 Å². The third-order valence-corrected chi connectivity index (χ3v) is 1.46. The van der Waals surface area contributed by atoms with E-state index in [0.29, 0.717) is 0 Å². The first kappa shape index (κ1) is 4.55. The van der Waals surface area contributed by atoms with Crippen molar-refractivity contribution >= 4 is 0 Å². The normalized spacial score (nSPS) is 9.50. The Balaban J connectivity index is 2.55. The summed E-state index contributed by atoms with van der Waals surface area (Å²) in [6.07, 6.45) is 1.84. The van der Waals surface area contributed by atoms with E-state index < -0.39 is 0 Å². The van der Waals surface area contributed by atoms with E-state index in [0.717, 1.165) is 26.1 Å². The third kappa shape index (κ3) is 2.55. The van der Waals surface area contributed by atoms with Crippen LogP contribution < -0.4 is 0 Å². The Morgan fingerprint density at radius 1 is 1.75 bits per heavy atom. The first-order chi connectivity index (χ1) is 1.91. The van der Waals surface area contributed by atoms with Crippen molar-refractivity contribution in [2.75, 3.05) is 0 Å². The minimum atomic E-state index is 0.830. The van der Waals surface area contributed by atoms with E-state index in [9.17, 15) is 0 Å². The average Bonchev–Trinajstić information content (AvgIpc) is 1.37. The fraction of sp³-hybridized carbons (Fsp3) is 0. The van der Waals surface area contributed by atoms with E-state index in [4.69, 9.17) is 0 Å². The van der Waals surface area contributed by atoms with Crippen molar-refractivity contribution in [3.8, 4) is 0 Å². The molecule has 19 valence electrons. The molecular weight excluding hydrogens is 237 g/mol. The van der Waals surface area contributed by atoms with Crippen LogP contribution in [0.25, 0.3) is 0 Å². The Kier molecular flexibility index (Phi) is 4.03. The summed E-state index contributed by atoms with van der Waals surface area (Å²) < 4.78 is 2.08. The van der Waals surface area contributed by atoms with Crippen molar-refractivity contribution in [2.45, 2.75) is 0 Å². The van der Waals surface area contributed by atoms with Crippen molar-refractivity contribution in [3.63, 3.8) is 0 Å². The van der Waals surface area contributed by atoms with Gasteiger partial charge in [0.05, 0.1) is 0 Å². The molecule has 0 radical (unpaired) electrons. The van der Waals surface area contributed by atoms with Crippen molar-refractivity contribution in [2.24, 2.45) is 0 Å². The summed E-state index contributed by atoms with van der Waals surface area (Å²) in [5.41, 5.74) is 0. The van der Waals surface area contributed by atoms with Crippen molar-refractivity contribution < 1.29 is 26.1 Å². The molecule has 0 saturated heterocycles. The molecule has 0 aromatic rings. The van der Waals surface area contributed by atoms with Gasteiger partial charge >= 0.3 is 42.7 Å². The summed E-state index contributed by atoms with van der Waals surface area (Å²) in [6.45, 7) is 3.47. The molecule has 0 rings (SSSR count). The second kappa shape index (κ2) is 3.55. The van der Waals surface area contributed by atoms with Gasteiger partial charge in [-0.3, -0.25) is 0 Å². The zero-order chi connectivity index (χ0) is 3.41. The Bertz CT molecular complexity index is 18.5. The van der Waals surface area contributed by atoms with E-state index in [1.165, 1.54) is 0 Å². The monoisotopic (exact) mass is 242 g/mol. The van der Waals surface area contributed by atoms with Gasteiger partial charge in [-0.1, -0.05) is 0 Å². The molecule has 0 heterocycles. The third-order valence-electron chi connectivity index (χ3n) is 0.167. The van der Waals surface area contributed by atoms with Gasteiger partial charge in [-0.15, -0.1) is 0 Å². The van der Waals surface area contributed by atoms with Gasteiger partial charge < -0.3 is 0 Å². The predicted octanol–water partition coefficient (Wildman–Crippen LogP) is 0.881. The molecule has 0 aromatic carbocycles. The predicted molar refractivity (Wildman–Crippen MR) is 14.5 cm³/mol. The zero-order valence-electron chi connectivity index (χ0n) is 2.57. The maximum absolute atomic E-state index is 3.47. The Morgan fingerprint density at radius 2 is 2.00 bits per heavy atom. The van der Waals surface area contributed by atoms with Crippen LogP contribution >= 0.6 is 0 Å². The van der Waals surface area contributed by atoms with E-state index in [-0.39, 0.29) is 0 Å². The molecule has 0 amide bonds. The van der Waals surface area contributed by atoms with E-state index in [1.807, 2.05) is 6.08 Å². The molecule has 0 fully saturated rings. The molecule has 0 spiro atoms. The van der Waals surface area contributed by atoms with Crippen LogP contribution in [0, 0.1) is 6.92 Å². The van der Waals surface area contributed by atoms with Gasteiger partial charge in [-0.2, -0.15) is 0 Å². The number of hydrogen-bond acceptors (Lipinski definition) is 0. The number of hydrogen-bond donors (Lipinski definition) is 0. The second-order valence-electron chi connectivity index (χ2n) is 0.471. The van der Waals surface area contributed by atoms with Gasteiger partial charge in [0.25, 0.3) is 0 Å². The van der Waals surface area contributed by atoms with Gasteiger partial charge in [0.1, 0.15) is 0 Å². The quantitative estimate of drug-likeness (QED) is 0.436. The molecule has 0 atom stereocenters. The molecule has 0 aliphatic carbocycles. The molecule has 0 N–H and O–H groups in total. The van der Waals surface area contributed by atoms with Crippen LogP contribution in [-0.4, -0.2) is 0 Å². The van der Waals surface area contributed by atoms with Crippen LogP contribution in [0.1, 0.15) is 0 Å². The van der Waals surface area contributed by atoms with Crippen LogP contribution in [0.5, 0.6) is 0 Å². The molecule has 0 aliphatic heterocycles. The van der Waals surface area contributed by atoms with Crippen LogP contribution in [0.2, 0.25) is 0 Å². The van der Waals surface area contributed by atoms with Gasteiger partial charge in [0.15, 0.2) is 0 Å². The van der Waals surface area contributed by atoms with Crippen LogP contribution in [-0.2, 0) is 26.1 Å². The molecular formula is C3H4Hg-. The summed E-state index contributed by atoms with van der Waals surface area (Å²) in [4.78, 5) is 0. The van der Waals surface area contributed by atoms with Crippen molar-refractivity contribution in [1.29, 1.82) is 0 Å². The summed E-state index contributed by atoms with van der Waals surface area (Å²) in [5, 5.41) is 0. The number of allylic oxidation sites excluding steroid dienone is 1. The minimum absolute atomic E-state index is 0.830. The molecule has 0 bridgehead atoms. The number of rotatable bonds is 0. The zero-order valence-corrected chi connectivity index (χ0v) is 8.07. The van der Waals surface area contributed by atoms with Crippen LogP contribution in [0.15, 0.2) is 9.66 Å². The second-order valence-corrected chi connectivity index (χ2v) is 2.30. The molecule has 1 heteroatoms. The standard InChI is InChI=1S/C3H4.Hg/c1-3-2;/h1,3H,2H2;/q-1;. The summed E-state index contributed by atoms with van der Waals surface area (Å²) >= 11 is 0.830. The van der Waals surface area contributed by atoms with Gasteiger partial charge in [-0.05, 0) is 0 Å². The van der Waals surface area contributed by atoms with Crippen molar-refractivity contribution in [1.82, 2.24) is 0 Å². The van der Waals surface area contributed by atoms with E-state index in [1.54, 1.807) is 0 Å². The summed E-state index contributed by atoms with van der Waals surface area (Å²) in [6, 6.07) is 0. The van der Waals surface area contributed by atoms with Crippen molar-refractivity contribution in [3.05, 3.63) is 16.6 Å². The average molecular weight is 241 g/mol. The van der Waals surface area contributed by atoms with Crippen LogP contribution in [0.4, 0.5) is 0 Å². The molecule has 0 saturated carbocycles. The van der Waals surface area contributed by atoms with Crippen LogP contribution in [0.3, 0.4) is 0 Å². The first-order valence-electron chi connectivity index (χ1n) is 1.15. The Hall–Kier alpha value is 0.545. The molecule has 0 aromatic heterocycles. The topological polar surface area (TPSA) is 0 Å². The molecule has 0 aliphatic rings. The van der Waals surface area contributed by atoms with Gasteiger partial charge in [0.2, 0.25) is 0 Å². The Morgan fingerprint density at radius 3 is 2.00 bits per heavy atom.